The highest BCUT2D eigenvalue weighted by molar-refractivity contribution is 5.85. The van der Waals surface area contributed by atoms with E-state index in [1.165, 1.54) is 35.8 Å². The predicted molar refractivity (Wildman–Crippen MR) is 112 cm³/mol. The van der Waals surface area contributed by atoms with Gasteiger partial charge in [-0.3, -0.25) is 4.90 Å². The summed E-state index contributed by atoms with van der Waals surface area (Å²) in [7, 11) is 2.22. The summed E-state index contributed by atoms with van der Waals surface area (Å²) in [6.07, 6.45) is 1.26. The smallest absolute Gasteiger partial charge is 0.0475 e. The molecule has 2 aromatic rings. The van der Waals surface area contributed by atoms with Gasteiger partial charge in [0.2, 0.25) is 0 Å². The molecule has 0 aliphatic carbocycles. The summed E-state index contributed by atoms with van der Waals surface area (Å²) >= 11 is 0. The monoisotopic (exact) mass is 367 g/mol. The minimum Gasteiger partial charge on any atom is -0.396 e. The second kappa shape index (κ2) is 8.70. The molecule has 2 aliphatic rings. The van der Waals surface area contributed by atoms with Gasteiger partial charge >= 0.3 is 0 Å². The first-order chi connectivity index (χ1) is 13.2. The fraction of sp³-hybridized carbons (Fsp3) is 0.565. The quantitative estimate of drug-likeness (QED) is 0.880. The average Bonchev–Trinajstić information content (AvgIpc) is 2.95. The third-order valence-corrected chi connectivity index (χ3v) is 6.47. The Hall–Kier alpha value is -1.46. The molecule has 4 rings (SSSR count). The zero-order chi connectivity index (χ0) is 18.6. The fourth-order valence-electron chi connectivity index (χ4n) is 4.86. The van der Waals surface area contributed by atoms with Gasteiger partial charge in [-0.1, -0.05) is 42.5 Å². The first-order valence-electron chi connectivity index (χ1n) is 10.4. The van der Waals surface area contributed by atoms with Gasteiger partial charge in [-0.15, -0.1) is 0 Å². The van der Waals surface area contributed by atoms with E-state index in [-0.39, 0.29) is 0 Å². The molecule has 0 bridgehead atoms. The number of nitrogens with zero attached hydrogens (tertiary/aromatic N) is 3. The van der Waals surface area contributed by atoms with Gasteiger partial charge < -0.3 is 14.9 Å². The van der Waals surface area contributed by atoms with Gasteiger partial charge in [0.1, 0.15) is 0 Å². The number of benzene rings is 2. The molecule has 0 saturated carbocycles. The molecule has 0 aromatic heterocycles. The molecular weight excluding hydrogens is 334 g/mol. The lowest BCUT2D eigenvalue weighted by Crippen LogP contribution is -2.36. The van der Waals surface area contributed by atoms with Crippen LogP contribution in [0.4, 0.5) is 0 Å². The number of aliphatic hydroxyl groups is 1. The van der Waals surface area contributed by atoms with Gasteiger partial charge in [0.25, 0.3) is 0 Å². The number of fused-ring (bicyclic) bond motifs is 1. The molecule has 2 atom stereocenters. The lowest BCUT2D eigenvalue weighted by molar-refractivity contribution is 0.165. The molecule has 0 spiro atoms. The molecule has 2 heterocycles. The molecule has 2 fully saturated rings. The Bertz CT molecular complexity index is 744. The Balaban J connectivity index is 1.41. The van der Waals surface area contributed by atoms with Crippen molar-refractivity contribution in [1.82, 2.24) is 14.7 Å². The molecule has 0 unspecified atom stereocenters. The highest BCUT2D eigenvalue weighted by Crippen LogP contribution is 2.28. The number of aliphatic hydroxyl groups excluding tert-OH is 1. The molecule has 4 heteroatoms. The topological polar surface area (TPSA) is 30.0 Å². The lowest BCUT2D eigenvalue weighted by atomic mass is 9.96. The van der Waals surface area contributed by atoms with E-state index in [0.717, 1.165) is 39.3 Å². The van der Waals surface area contributed by atoms with E-state index >= 15 is 0 Å². The lowest BCUT2D eigenvalue weighted by Gasteiger charge is -2.26. The van der Waals surface area contributed by atoms with Gasteiger partial charge in [-0.05, 0) is 54.7 Å². The number of likely N-dealkylation sites (tertiary alicyclic amines) is 1. The second-order valence-electron chi connectivity index (χ2n) is 8.49. The van der Waals surface area contributed by atoms with Gasteiger partial charge in [0.05, 0.1) is 0 Å². The van der Waals surface area contributed by atoms with Crippen molar-refractivity contribution in [3.8, 4) is 0 Å². The van der Waals surface area contributed by atoms with E-state index in [1.54, 1.807) is 0 Å². The normalized spacial score (nSPS) is 25.9. The summed E-state index contributed by atoms with van der Waals surface area (Å²) in [5.74, 6) is 0.981. The first kappa shape index (κ1) is 18.9. The Kier molecular flexibility index (Phi) is 6.08. The van der Waals surface area contributed by atoms with Crippen LogP contribution >= 0.6 is 0 Å². The van der Waals surface area contributed by atoms with E-state index in [9.17, 15) is 5.11 Å². The second-order valence-corrected chi connectivity index (χ2v) is 8.49. The molecule has 27 heavy (non-hydrogen) atoms. The minimum absolute atomic E-state index is 0.310. The number of likely N-dealkylation sites (N-methyl/N-ethyl adjacent to an activating group) is 1. The molecule has 146 valence electrons. The van der Waals surface area contributed by atoms with E-state index < -0.39 is 0 Å². The van der Waals surface area contributed by atoms with E-state index in [0.29, 0.717) is 18.4 Å². The maximum Gasteiger partial charge on any atom is 0.0475 e. The Labute approximate surface area is 163 Å². The summed E-state index contributed by atoms with van der Waals surface area (Å²) in [5.41, 5.74) is 1.40. The van der Waals surface area contributed by atoms with Crippen LogP contribution in [0, 0.1) is 11.8 Å². The Morgan fingerprint density at radius 3 is 2.59 bits per heavy atom. The maximum atomic E-state index is 9.97. The third kappa shape index (κ3) is 4.52. The Morgan fingerprint density at radius 1 is 0.889 bits per heavy atom. The van der Waals surface area contributed by atoms with Crippen LogP contribution in [0.3, 0.4) is 0 Å². The van der Waals surface area contributed by atoms with Crippen LogP contribution in [0.25, 0.3) is 10.8 Å². The molecule has 2 saturated heterocycles. The summed E-state index contributed by atoms with van der Waals surface area (Å²) in [6.45, 7) is 9.26. The van der Waals surface area contributed by atoms with Crippen LogP contribution in [0.2, 0.25) is 0 Å². The molecule has 0 amide bonds. The van der Waals surface area contributed by atoms with Crippen molar-refractivity contribution in [3.63, 3.8) is 0 Å². The van der Waals surface area contributed by atoms with Crippen LogP contribution in [-0.4, -0.2) is 79.3 Å². The van der Waals surface area contributed by atoms with E-state index in [1.807, 2.05) is 0 Å². The van der Waals surface area contributed by atoms with Crippen LogP contribution < -0.4 is 0 Å². The molecule has 2 aromatic carbocycles. The van der Waals surface area contributed by atoms with Crippen molar-refractivity contribution in [2.24, 2.45) is 11.8 Å². The van der Waals surface area contributed by atoms with Crippen molar-refractivity contribution >= 4 is 10.8 Å². The van der Waals surface area contributed by atoms with E-state index in [4.69, 9.17) is 0 Å². The third-order valence-electron chi connectivity index (χ3n) is 6.47. The standard InChI is InChI=1S/C23H33N3O/c1-24-10-5-11-25(13-12-24)15-21-16-26(17-22(21)18-27)14-20-8-4-7-19-6-2-3-9-23(19)20/h2-4,6-9,21-22,27H,5,10-18H2,1H3/t21-,22-/m1/s1. The van der Waals surface area contributed by atoms with Crippen molar-refractivity contribution in [1.29, 1.82) is 0 Å². The van der Waals surface area contributed by atoms with Crippen LogP contribution in [0.15, 0.2) is 42.5 Å². The SMILES string of the molecule is CN1CCCN(C[C@@H]2CN(Cc3cccc4ccccc34)C[C@@H]2CO)CC1. The minimum atomic E-state index is 0.310. The zero-order valence-electron chi connectivity index (χ0n) is 16.6. The van der Waals surface area contributed by atoms with Crippen LogP contribution in [-0.2, 0) is 6.54 Å². The van der Waals surface area contributed by atoms with Crippen molar-refractivity contribution in [2.45, 2.75) is 13.0 Å². The van der Waals surface area contributed by atoms with Crippen LogP contribution in [0.1, 0.15) is 12.0 Å². The predicted octanol–water partition coefficient (Wildman–Crippen LogP) is 2.52. The zero-order valence-corrected chi connectivity index (χ0v) is 16.6. The summed E-state index contributed by atoms with van der Waals surface area (Å²) in [6, 6.07) is 15.3. The van der Waals surface area contributed by atoms with E-state index in [2.05, 4.69) is 64.2 Å². The molecule has 1 N–H and O–H groups in total. The van der Waals surface area contributed by atoms with Crippen LogP contribution in [0.5, 0.6) is 0 Å². The number of hydrogen-bond acceptors (Lipinski definition) is 4. The van der Waals surface area contributed by atoms with Gasteiger partial charge in [0, 0.05) is 45.9 Å². The largest absolute Gasteiger partial charge is 0.396 e. The molecule has 0 radical (unpaired) electrons. The summed E-state index contributed by atoms with van der Waals surface area (Å²) in [4.78, 5) is 7.61. The first-order valence-corrected chi connectivity index (χ1v) is 10.4. The average molecular weight is 368 g/mol. The highest BCUT2D eigenvalue weighted by Gasteiger charge is 2.33. The number of hydrogen-bond donors (Lipinski definition) is 1. The maximum absolute atomic E-state index is 9.97. The van der Waals surface area contributed by atoms with Gasteiger partial charge in [-0.25, -0.2) is 0 Å². The molecule has 2 aliphatic heterocycles. The van der Waals surface area contributed by atoms with Crippen molar-refractivity contribution < 1.29 is 5.11 Å². The number of rotatable bonds is 5. The summed E-state index contributed by atoms with van der Waals surface area (Å²) in [5, 5.41) is 12.6. The molecular formula is C23H33N3O. The van der Waals surface area contributed by atoms with Crippen molar-refractivity contribution in [2.75, 3.05) is 59.5 Å². The van der Waals surface area contributed by atoms with Gasteiger partial charge in [-0.2, -0.15) is 0 Å². The highest BCUT2D eigenvalue weighted by atomic mass is 16.3. The summed E-state index contributed by atoms with van der Waals surface area (Å²) < 4.78 is 0. The fourth-order valence-corrected chi connectivity index (χ4v) is 4.86. The molecule has 4 nitrogen and oxygen atoms in total. The van der Waals surface area contributed by atoms with Crippen molar-refractivity contribution in [3.05, 3.63) is 48.0 Å². The Morgan fingerprint density at radius 2 is 1.70 bits per heavy atom. The van der Waals surface area contributed by atoms with Gasteiger partial charge in [0.15, 0.2) is 0 Å².